The minimum atomic E-state index is -0.118. The summed E-state index contributed by atoms with van der Waals surface area (Å²) in [5.41, 5.74) is 7.83. The van der Waals surface area contributed by atoms with Gasteiger partial charge in [-0.25, -0.2) is 0 Å². The first-order valence-electron chi connectivity index (χ1n) is 5.71. The first-order chi connectivity index (χ1) is 8.56. The second-order valence-electron chi connectivity index (χ2n) is 4.28. The van der Waals surface area contributed by atoms with E-state index in [4.69, 9.17) is 22.1 Å². The number of benzene rings is 1. The van der Waals surface area contributed by atoms with Crippen LogP contribution >= 0.6 is 11.6 Å². The lowest BCUT2D eigenvalue weighted by Gasteiger charge is -2.13. The van der Waals surface area contributed by atoms with Gasteiger partial charge in [0.25, 0.3) is 0 Å². The van der Waals surface area contributed by atoms with Gasteiger partial charge in [0.15, 0.2) is 0 Å². The third-order valence-corrected chi connectivity index (χ3v) is 2.85. The molecule has 96 valence electrons. The molecule has 0 aliphatic heterocycles. The van der Waals surface area contributed by atoms with E-state index in [2.05, 4.69) is 5.10 Å². The molecule has 2 N–H and O–H groups in total. The molecule has 1 aromatic carbocycles. The number of aryl methyl sites for hydroxylation is 1. The minimum Gasteiger partial charge on any atom is -0.488 e. The normalized spacial score (nSPS) is 12.4. The Labute approximate surface area is 111 Å². The molecule has 0 saturated carbocycles. The maximum absolute atomic E-state index is 5.96. The Kier molecular flexibility index (Phi) is 3.89. The van der Waals surface area contributed by atoms with Crippen LogP contribution in [0.3, 0.4) is 0 Å². The number of hydrogen-bond donors (Lipinski definition) is 1. The number of aromatic nitrogens is 2. The second-order valence-corrected chi connectivity index (χ2v) is 4.72. The highest BCUT2D eigenvalue weighted by Crippen LogP contribution is 2.27. The van der Waals surface area contributed by atoms with E-state index in [0.29, 0.717) is 11.6 Å². The SMILES string of the molecule is CC(N)c1cc(Cl)ccc1OCc1cnn(C)c1. The van der Waals surface area contributed by atoms with E-state index in [1.165, 1.54) is 0 Å². The van der Waals surface area contributed by atoms with Gasteiger partial charge in [-0.3, -0.25) is 4.68 Å². The fraction of sp³-hybridized carbons (Fsp3) is 0.308. The molecular formula is C13H16ClN3O. The van der Waals surface area contributed by atoms with Crippen molar-refractivity contribution in [1.29, 1.82) is 0 Å². The van der Waals surface area contributed by atoms with E-state index in [1.807, 2.05) is 32.3 Å². The van der Waals surface area contributed by atoms with Crippen LogP contribution in [0.1, 0.15) is 24.1 Å². The van der Waals surface area contributed by atoms with Crippen LogP contribution in [0, 0.1) is 0 Å². The molecule has 0 amide bonds. The molecule has 0 aliphatic carbocycles. The Hall–Kier alpha value is -1.52. The van der Waals surface area contributed by atoms with E-state index >= 15 is 0 Å². The summed E-state index contributed by atoms with van der Waals surface area (Å²) in [5.74, 6) is 0.762. The van der Waals surface area contributed by atoms with Gasteiger partial charge in [0.2, 0.25) is 0 Å². The summed E-state index contributed by atoms with van der Waals surface area (Å²) in [6, 6.07) is 5.36. The van der Waals surface area contributed by atoms with Crippen molar-refractivity contribution >= 4 is 11.6 Å². The van der Waals surface area contributed by atoms with Gasteiger partial charge in [0.1, 0.15) is 12.4 Å². The number of ether oxygens (including phenoxy) is 1. The summed E-state index contributed by atoms with van der Waals surface area (Å²) in [6.07, 6.45) is 3.70. The third-order valence-electron chi connectivity index (χ3n) is 2.62. The van der Waals surface area contributed by atoms with Gasteiger partial charge in [-0.05, 0) is 25.1 Å². The molecule has 0 bridgehead atoms. The zero-order valence-electron chi connectivity index (χ0n) is 10.4. The Bertz CT molecular complexity index is 537. The monoisotopic (exact) mass is 265 g/mol. The quantitative estimate of drug-likeness (QED) is 0.925. The Balaban J connectivity index is 2.13. The highest BCUT2D eigenvalue weighted by molar-refractivity contribution is 6.30. The Morgan fingerprint density at radius 2 is 2.28 bits per heavy atom. The summed E-state index contributed by atoms with van der Waals surface area (Å²) in [7, 11) is 1.87. The first-order valence-corrected chi connectivity index (χ1v) is 6.09. The lowest BCUT2D eigenvalue weighted by atomic mass is 10.1. The molecule has 1 atom stereocenters. The summed E-state index contributed by atoms with van der Waals surface area (Å²) >= 11 is 5.96. The van der Waals surface area contributed by atoms with Gasteiger partial charge in [-0.2, -0.15) is 5.10 Å². The molecule has 1 unspecified atom stereocenters. The highest BCUT2D eigenvalue weighted by Gasteiger charge is 2.09. The van der Waals surface area contributed by atoms with Crippen molar-refractivity contribution in [3.05, 3.63) is 46.7 Å². The van der Waals surface area contributed by atoms with Crippen molar-refractivity contribution in [1.82, 2.24) is 9.78 Å². The molecule has 0 aliphatic rings. The predicted molar refractivity (Wildman–Crippen MR) is 71.6 cm³/mol. The zero-order valence-corrected chi connectivity index (χ0v) is 11.2. The third kappa shape index (κ3) is 3.03. The second kappa shape index (κ2) is 5.42. The topological polar surface area (TPSA) is 53.1 Å². The van der Waals surface area contributed by atoms with Gasteiger partial charge in [0.05, 0.1) is 6.20 Å². The molecule has 0 saturated heterocycles. The summed E-state index contributed by atoms with van der Waals surface area (Å²) in [5, 5.41) is 4.75. The smallest absolute Gasteiger partial charge is 0.124 e. The van der Waals surface area contributed by atoms with Crippen LogP contribution in [0.15, 0.2) is 30.6 Å². The minimum absolute atomic E-state index is 0.118. The van der Waals surface area contributed by atoms with Crippen LogP contribution in [0.25, 0.3) is 0 Å². The first kappa shape index (κ1) is 12.9. The van der Waals surface area contributed by atoms with Crippen LogP contribution < -0.4 is 10.5 Å². The van der Waals surface area contributed by atoms with E-state index in [1.54, 1.807) is 16.9 Å². The maximum Gasteiger partial charge on any atom is 0.124 e. The molecule has 1 aromatic heterocycles. The molecule has 0 spiro atoms. The molecule has 18 heavy (non-hydrogen) atoms. The molecular weight excluding hydrogens is 250 g/mol. The molecule has 5 heteroatoms. The molecule has 2 aromatic rings. The van der Waals surface area contributed by atoms with Crippen molar-refractivity contribution in [3.8, 4) is 5.75 Å². The average molecular weight is 266 g/mol. The van der Waals surface area contributed by atoms with Gasteiger partial charge < -0.3 is 10.5 Å². The van der Waals surface area contributed by atoms with Gasteiger partial charge in [-0.1, -0.05) is 11.6 Å². The van der Waals surface area contributed by atoms with Crippen molar-refractivity contribution < 1.29 is 4.74 Å². The Morgan fingerprint density at radius 1 is 1.50 bits per heavy atom. The fourth-order valence-electron chi connectivity index (χ4n) is 1.71. The Morgan fingerprint density at radius 3 is 2.89 bits per heavy atom. The van der Waals surface area contributed by atoms with Crippen molar-refractivity contribution in [3.63, 3.8) is 0 Å². The molecule has 0 radical (unpaired) electrons. The lowest BCUT2D eigenvalue weighted by molar-refractivity contribution is 0.301. The van der Waals surface area contributed by atoms with E-state index in [-0.39, 0.29) is 6.04 Å². The number of rotatable bonds is 4. The van der Waals surface area contributed by atoms with Crippen LogP contribution in [0.2, 0.25) is 5.02 Å². The fourth-order valence-corrected chi connectivity index (χ4v) is 1.89. The molecule has 1 heterocycles. The number of hydrogen-bond acceptors (Lipinski definition) is 3. The average Bonchev–Trinajstić information content (AvgIpc) is 2.73. The van der Waals surface area contributed by atoms with Gasteiger partial charge in [0, 0.05) is 35.4 Å². The number of halogens is 1. The van der Waals surface area contributed by atoms with Gasteiger partial charge >= 0.3 is 0 Å². The molecule has 0 fully saturated rings. The van der Waals surface area contributed by atoms with Crippen molar-refractivity contribution in [2.45, 2.75) is 19.6 Å². The van der Waals surface area contributed by atoms with Crippen molar-refractivity contribution in [2.24, 2.45) is 12.8 Å². The van der Waals surface area contributed by atoms with Crippen LogP contribution in [0.5, 0.6) is 5.75 Å². The predicted octanol–water partition coefficient (Wildman–Crippen LogP) is 2.67. The number of nitrogens with zero attached hydrogens (tertiary/aromatic N) is 2. The maximum atomic E-state index is 5.96. The lowest BCUT2D eigenvalue weighted by Crippen LogP contribution is -2.08. The highest BCUT2D eigenvalue weighted by atomic mass is 35.5. The van der Waals surface area contributed by atoms with Gasteiger partial charge in [-0.15, -0.1) is 0 Å². The summed E-state index contributed by atoms with van der Waals surface area (Å²) < 4.78 is 7.50. The van der Waals surface area contributed by atoms with Crippen LogP contribution in [-0.4, -0.2) is 9.78 Å². The zero-order chi connectivity index (χ0) is 13.1. The largest absolute Gasteiger partial charge is 0.488 e. The summed E-state index contributed by atoms with van der Waals surface area (Å²) in [4.78, 5) is 0. The number of nitrogens with two attached hydrogens (primary N) is 1. The van der Waals surface area contributed by atoms with E-state index in [9.17, 15) is 0 Å². The van der Waals surface area contributed by atoms with E-state index < -0.39 is 0 Å². The molecule has 2 rings (SSSR count). The van der Waals surface area contributed by atoms with E-state index in [0.717, 1.165) is 16.9 Å². The van der Waals surface area contributed by atoms with Crippen LogP contribution in [-0.2, 0) is 13.7 Å². The summed E-state index contributed by atoms with van der Waals surface area (Å²) in [6.45, 7) is 2.37. The molecule has 4 nitrogen and oxygen atoms in total. The van der Waals surface area contributed by atoms with Crippen LogP contribution in [0.4, 0.5) is 0 Å². The van der Waals surface area contributed by atoms with Crippen molar-refractivity contribution in [2.75, 3.05) is 0 Å². The standard InChI is InChI=1S/C13H16ClN3O/c1-9(15)12-5-11(14)3-4-13(12)18-8-10-6-16-17(2)7-10/h3-7,9H,8,15H2,1-2H3.